The summed E-state index contributed by atoms with van der Waals surface area (Å²) in [5, 5.41) is 0. The highest BCUT2D eigenvalue weighted by molar-refractivity contribution is 5.60. The predicted molar refractivity (Wildman–Crippen MR) is 77.5 cm³/mol. The molecule has 1 aliphatic rings. The number of hydrogen-bond acceptors (Lipinski definition) is 1. The molecule has 0 aromatic heterocycles. The lowest BCUT2D eigenvalue weighted by Gasteiger charge is -2.45. The molecule has 3 unspecified atom stereocenters. The molecule has 0 saturated heterocycles. The molecule has 1 rings (SSSR count). The summed E-state index contributed by atoms with van der Waals surface area (Å²) in [6.45, 7) is 16.9. The quantitative estimate of drug-likeness (QED) is 0.500. The minimum Gasteiger partial charge on any atom is -0.293 e. The lowest BCUT2D eigenvalue weighted by atomic mass is 9.62. The molecule has 0 amide bonds. The molecule has 0 spiro atoms. The zero-order valence-electron chi connectivity index (χ0n) is 11.8. The van der Waals surface area contributed by atoms with Crippen LogP contribution in [-0.2, 0) is 0 Å². The van der Waals surface area contributed by atoms with Crippen molar-refractivity contribution in [2.75, 3.05) is 0 Å². The van der Waals surface area contributed by atoms with Gasteiger partial charge in [-0.05, 0) is 36.0 Å². The van der Waals surface area contributed by atoms with Crippen LogP contribution >= 0.6 is 0 Å². The SMILES string of the molecule is C=CC1CCC(C=C)C(C)(C)C1N=CC(C)C. The van der Waals surface area contributed by atoms with E-state index in [1.54, 1.807) is 0 Å². The van der Waals surface area contributed by atoms with Crippen molar-refractivity contribution in [3.05, 3.63) is 25.3 Å². The van der Waals surface area contributed by atoms with Crippen molar-refractivity contribution in [2.24, 2.45) is 28.2 Å². The molecular weight excluding hydrogens is 206 g/mol. The van der Waals surface area contributed by atoms with Gasteiger partial charge in [-0.25, -0.2) is 0 Å². The second-order valence-electron chi connectivity index (χ2n) is 6.13. The maximum atomic E-state index is 4.84. The molecule has 0 N–H and O–H groups in total. The van der Waals surface area contributed by atoms with Gasteiger partial charge in [0.2, 0.25) is 0 Å². The molecule has 1 aliphatic carbocycles. The van der Waals surface area contributed by atoms with Gasteiger partial charge in [-0.15, -0.1) is 13.2 Å². The van der Waals surface area contributed by atoms with Crippen LogP contribution in [0.5, 0.6) is 0 Å². The van der Waals surface area contributed by atoms with E-state index in [4.69, 9.17) is 4.99 Å². The third-order valence-electron chi connectivity index (χ3n) is 4.07. The standard InChI is InChI=1S/C16H27N/c1-7-13-9-10-14(8-2)16(5,6)15(13)17-11-12(3)4/h7-8,11-15H,1-2,9-10H2,3-6H3. The van der Waals surface area contributed by atoms with Crippen molar-refractivity contribution in [1.82, 2.24) is 0 Å². The Kier molecular flexibility index (Phi) is 4.73. The highest BCUT2D eigenvalue weighted by Gasteiger charge is 2.42. The van der Waals surface area contributed by atoms with Gasteiger partial charge in [0.15, 0.2) is 0 Å². The van der Waals surface area contributed by atoms with Crippen molar-refractivity contribution in [3.8, 4) is 0 Å². The third kappa shape index (κ3) is 3.08. The highest BCUT2D eigenvalue weighted by Crippen LogP contribution is 2.46. The largest absolute Gasteiger partial charge is 0.293 e. The molecule has 0 aromatic carbocycles. The molecule has 1 fully saturated rings. The fraction of sp³-hybridized carbons (Fsp3) is 0.688. The van der Waals surface area contributed by atoms with E-state index >= 15 is 0 Å². The second-order valence-corrected chi connectivity index (χ2v) is 6.13. The summed E-state index contributed by atoms with van der Waals surface area (Å²) in [5.74, 6) is 1.59. The van der Waals surface area contributed by atoms with E-state index in [1.165, 1.54) is 12.8 Å². The molecule has 0 aromatic rings. The Morgan fingerprint density at radius 3 is 2.29 bits per heavy atom. The zero-order valence-corrected chi connectivity index (χ0v) is 11.8. The Labute approximate surface area is 107 Å². The summed E-state index contributed by atoms with van der Waals surface area (Å²) < 4.78 is 0. The van der Waals surface area contributed by atoms with Crippen LogP contribution < -0.4 is 0 Å². The molecule has 0 heterocycles. The average Bonchev–Trinajstić information content (AvgIpc) is 2.25. The van der Waals surface area contributed by atoms with Crippen LogP contribution in [0.3, 0.4) is 0 Å². The van der Waals surface area contributed by atoms with Gasteiger partial charge in [-0.2, -0.15) is 0 Å². The van der Waals surface area contributed by atoms with Crippen molar-refractivity contribution >= 4 is 6.21 Å². The average molecular weight is 233 g/mol. The van der Waals surface area contributed by atoms with Gasteiger partial charge in [-0.1, -0.05) is 39.8 Å². The van der Waals surface area contributed by atoms with Crippen LogP contribution in [0.2, 0.25) is 0 Å². The summed E-state index contributed by atoms with van der Waals surface area (Å²) in [4.78, 5) is 4.84. The van der Waals surface area contributed by atoms with Crippen molar-refractivity contribution in [3.63, 3.8) is 0 Å². The molecule has 3 atom stereocenters. The summed E-state index contributed by atoms with van der Waals surface area (Å²) in [5.41, 5.74) is 0.185. The topological polar surface area (TPSA) is 12.4 Å². The lowest BCUT2D eigenvalue weighted by Crippen LogP contribution is -2.43. The van der Waals surface area contributed by atoms with Gasteiger partial charge in [0.25, 0.3) is 0 Å². The van der Waals surface area contributed by atoms with Gasteiger partial charge in [-0.3, -0.25) is 4.99 Å². The molecule has 0 radical (unpaired) electrons. The Balaban J connectivity index is 2.97. The van der Waals surface area contributed by atoms with Crippen LogP contribution in [0, 0.1) is 23.2 Å². The predicted octanol–water partition coefficient (Wildman–Crippen LogP) is 4.51. The smallest absolute Gasteiger partial charge is 0.0614 e. The second kappa shape index (κ2) is 5.66. The molecule has 0 aliphatic heterocycles. The number of aliphatic imine (C=N–C) groups is 1. The van der Waals surface area contributed by atoms with Crippen LogP contribution in [0.1, 0.15) is 40.5 Å². The maximum Gasteiger partial charge on any atom is 0.0614 e. The van der Waals surface area contributed by atoms with Crippen molar-refractivity contribution in [1.29, 1.82) is 0 Å². The Hall–Kier alpha value is -0.850. The normalized spacial score (nSPS) is 32.9. The van der Waals surface area contributed by atoms with E-state index < -0.39 is 0 Å². The number of nitrogens with zero attached hydrogens (tertiary/aromatic N) is 1. The summed E-state index contributed by atoms with van der Waals surface area (Å²) in [6, 6.07) is 0.346. The van der Waals surface area contributed by atoms with E-state index in [-0.39, 0.29) is 5.41 Å². The summed E-state index contributed by atoms with van der Waals surface area (Å²) in [6.07, 6.45) is 8.68. The number of allylic oxidation sites excluding steroid dienone is 1. The summed E-state index contributed by atoms with van der Waals surface area (Å²) >= 11 is 0. The molecular formula is C16H27N. The van der Waals surface area contributed by atoms with Crippen LogP contribution in [0.4, 0.5) is 0 Å². The lowest BCUT2D eigenvalue weighted by molar-refractivity contribution is 0.114. The highest BCUT2D eigenvalue weighted by atomic mass is 14.8. The van der Waals surface area contributed by atoms with Gasteiger partial charge in [0.05, 0.1) is 6.04 Å². The Morgan fingerprint density at radius 1 is 1.18 bits per heavy atom. The molecule has 1 saturated carbocycles. The van der Waals surface area contributed by atoms with Crippen LogP contribution in [-0.4, -0.2) is 12.3 Å². The fourth-order valence-electron chi connectivity index (χ4n) is 2.91. The first kappa shape index (κ1) is 14.2. The Morgan fingerprint density at radius 2 is 1.82 bits per heavy atom. The van der Waals surface area contributed by atoms with E-state index in [2.05, 4.69) is 59.2 Å². The molecule has 17 heavy (non-hydrogen) atoms. The first-order valence-electron chi connectivity index (χ1n) is 6.71. The molecule has 1 nitrogen and oxygen atoms in total. The monoisotopic (exact) mass is 233 g/mol. The van der Waals surface area contributed by atoms with Crippen LogP contribution in [0.15, 0.2) is 30.3 Å². The zero-order chi connectivity index (χ0) is 13.1. The van der Waals surface area contributed by atoms with Crippen LogP contribution in [0.25, 0.3) is 0 Å². The summed E-state index contributed by atoms with van der Waals surface area (Å²) in [7, 11) is 0. The van der Waals surface area contributed by atoms with E-state index in [0.29, 0.717) is 23.8 Å². The third-order valence-corrected chi connectivity index (χ3v) is 4.07. The van der Waals surface area contributed by atoms with Gasteiger partial charge < -0.3 is 0 Å². The Bertz CT molecular complexity index is 299. The number of rotatable bonds is 4. The molecule has 0 bridgehead atoms. The van der Waals surface area contributed by atoms with Gasteiger partial charge in [0, 0.05) is 6.21 Å². The van der Waals surface area contributed by atoms with E-state index in [9.17, 15) is 0 Å². The maximum absolute atomic E-state index is 4.84. The first-order valence-corrected chi connectivity index (χ1v) is 6.71. The number of hydrogen-bond donors (Lipinski definition) is 0. The fourth-order valence-corrected chi connectivity index (χ4v) is 2.91. The van der Waals surface area contributed by atoms with Crippen molar-refractivity contribution in [2.45, 2.75) is 46.6 Å². The molecule has 96 valence electrons. The first-order chi connectivity index (χ1) is 7.93. The van der Waals surface area contributed by atoms with E-state index in [0.717, 1.165) is 0 Å². The van der Waals surface area contributed by atoms with Gasteiger partial charge in [0.1, 0.15) is 0 Å². The minimum absolute atomic E-state index is 0.185. The van der Waals surface area contributed by atoms with E-state index in [1.807, 2.05) is 0 Å². The molecule has 1 heteroatoms. The van der Waals surface area contributed by atoms with Gasteiger partial charge >= 0.3 is 0 Å². The minimum atomic E-state index is 0.185. The van der Waals surface area contributed by atoms with Crippen molar-refractivity contribution < 1.29 is 0 Å².